The molecule has 1 aromatic carbocycles. The van der Waals surface area contributed by atoms with E-state index in [9.17, 15) is 0 Å². The van der Waals surface area contributed by atoms with Gasteiger partial charge in [0.05, 0.1) is 0 Å². The van der Waals surface area contributed by atoms with Gasteiger partial charge in [-0.1, -0.05) is 68.8 Å². The van der Waals surface area contributed by atoms with Crippen LogP contribution in [-0.2, 0) is 6.42 Å². The molecular weight excluding hydrogens is 350 g/mol. The van der Waals surface area contributed by atoms with Gasteiger partial charge in [0.15, 0.2) is 0 Å². The molecule has 0 N–H and O–H groups in total. The van der Waals surface area contributed by atoms with Gasteiger partial charge in [-0.2, -0.15) is 0 Å². The summed E-state index contributed by atoms with van der Waals surface area (Å²) in [5.41, 5.74) is 14.0. The van der Waals surface area contributed by atoms with E-state index >= 15 is 0 Å². The Bertz CT molecular complexity index is 1020. The lowest BCUT2D eigenvalue weighted by molar-refractivity contribution is 0.499. The maximum atomic E-state index is 4.36. The number of allylic oxidation sites excluding steroid dienone is 7. The molecule has 0 bridgehead atoms. The molecule has 2 aliphatic heterocycles. The summed E-state index contributed by atoms with van der Waals surface area (Å²) < 4.78 is 0. The fraction of sp³-hybridized carbons (Fsp3) is 0.357. The highest BCUT2D eigenvalue weighted by Crippen LogP contribution is 2.46. The SMILES string of the molecule is C=C(CC)C(C)C1=C(CC)/C(=C\C)N2CC3=Cc4cc(C)ccc4CC=C3C2=C1. The van der Waals surface area contributed by atoms with Crippen LogP contribution in [0.5, 0.6) is 0 Å². The first-order valence-corrected chi connectivity index (χ1v) is 11.1. The Morgan fingerprint density at radius 2 is 2.03 bits per heavy atom. The normalized spacial score (nSPS) is 20.4. The highest BCUT2D eigenvalue weighted by atomic mass is 15.2. The van der Waals surface area contributed by atoms with E-state index in [1.807, 2.05) is 0 Å². The van der Waals surface area contributed by atoms with Crippen molar-refractivity contribution in [2.45, 2.75) is 53.9 Å². The summed E-state index contributed by atoms with van der Waals surface area (Å²) >= 11 is 0. The molecule has 4 rings (SSSR count). The summed E-state index contributed by atoms with van der Waals surface area (Å²) in [5.74, 6) is 0.388. The smallest absolute Gasteiger partial charge is 0.0490 e. The average Bonchev–Trinajstić information content (AvgIpc) is 2.96. The molecule has 0 radical (unpaired) electrons. The minimum Gasteiger partial charge on any atom is -0.337 e. The molecule has 1 aromatic rings. The van der Waals surface area contributed by atoms with Crippen LogP contribution in [-0.4, -0.2) is 11.4 Å². The van der Waals surface area contributed by atoms with Crippen molar-refractivity contribution in [3.8, 4) is 0 Å². The summed E-state index contributed by atoms with van der Waals surface area (Å²) in [4.78, 5) is 2.53. The van der Waals surface area contributed by atoms with E-state index < -0.39 is 0 Å². The van der Waals surface area contributed by atoms with Crippen LogP contribution in [0.3, 0.4) is 0 Å². The second-order valence-electron chi connectivity index (χ2n) is 8.50. The first-order valence-electron chi connectivity index (χ1n) is 11.1. The van der Waals surface area contributed by atoms with E-state index in [1.165, 1.54) is 55.9 Å². The zero-order valence-corrected chi connectivity index (χ0v) is 18.6. The van der Waals surface area contributed by atoms with Crippen molar-refractivity contribution in [1.29, 1.82) is 0 Å². The third-order valence-corrected chi connectivity index (χ3v) is 6.80. The third kappa shape index (κ3) is 3.27. The second-order valence-corrected chi connectivity index (χ2v) is 8.50. The van der Waals surface area contributed by atoms with Crippen LogP contribution in [0.15, 0.2) is 82.3 Å². The van der Waals surface area contributed by atoms with Crippen LogP contribution in [0.4, 0.5) is 0 Å². The minimum atomic E-state index is 0.388. The standard InChI is InChI=1S/C28H33N/c1-7-19(5)20(6)26-16-28-25-13-12-21-11-10-18(4)14-22(21)15-23(25)17-29(28)27(9-3)24(26)8-2/h9-11,13-16,20H,5,7-8,12,17H2,1-4,6H3/b27-9+. The third-order valence-electron chi connectivity index (χ3n) is 6.80. The molecule has 0 amide bonds. The number of aryl methyl sites for hydroxylation is 1. The maximum Gasteiger partial charge on any atom is 0.0490 e. The fourth-order valence-corrected chi connectivity index (χ4v) is 4.99. The van der Waals surface area contributed by atoms with E-state index in [1.54, 1.807) is 0 Å². The summed E-state index contributed by atoms with van der Waals surface area (Å²) in [7, 11) is 0. The zero-order valence-electron chi connectivity index (χ0n) is 18.6. The molecule has 2 heterocycles. The Balaban J connectivity index is 1.85. The first kappa shape index (κ1) is 19.8. The molecule has 1 fully saturated rings. The molecule has 0 spiro atoms. The molecule has 150 valence electrons. The van der Waals surface area contributed by atoms with Crippen molar-refractivity contribution in [2.24, 2.45) is 5.92 Å². The highest BCUT2D eigenvalue weighted by molar-refractivity contribution is 5.72. The van der Waals surface area contributed by atoms with Gasteiger partial charge < -0.3 is 4.90 Å². The van der Waals surface area contributed by atoms with Gasteiger partial charge in [0.25, 0.3) is 0 Å². The van der Waals surface area contributed by atoms with E-state index in [0.29, 0.717) is 5.92 Å². The van der Waals surface area contributed by atoms with Gasteiger partial charge in [0.1, 0.15) is 0 Å². The lowest BCUT2D eigenvalue weighted by atomic mass is 9.83. The summed E-state index contributed by atoms with van der Waals surface area (Å²) in [6, 6.07) is 6.85. The summed E-state index contributed by atoms with van der Waals surface area (Å²) in [5, 5.41) is 0. The Morgan fingerprint density at radius 3 is 2.72 bits per heavy atom. The Hall–Kier alpha value is -2.54. The van der Waals surface area contributed by atoms with Crippen LogP contribution < -0.4 is 0 Å². The van der Waals surface area contributed by atoms with Gasteiger partial charge in [0, 0.05) is 23.9 Å². The van der Waals surface area contributed by atoms with Gasteiger partial charge >= 0.3 is 0 Å². The highest BCUT2D eigenvalue weighted by Gasteiger charge is 2.35. The quantitative estimate of drug-likeness (QED) is 0.494. The van der Waals surface area contributed by atoms with E-state index in [2.05, 4.69) is 88.6 Å². The van der Waals surface area contributed by atoms with E-state index in [-0.39, 0.29) is 0 Å². The Labute approximate surface area is 176 Å². The predicted molar refractivity (Wildman–Crippen MR) is 125 cm³/mol. The number of hydrogen-bond donors (Lipinski definition) is 0. The van der Waals surface area contributed by atoms with Gasteiger partial charge in [-0.15, -0.1) is 0 Å². The molecule has 1 atom stereocenters. The molecule has 1 nitrogen and oxygen atoms in total. The molecule has 0 saturated carbocycles. The lowest BCUT2D eigenvalue weighted by Gasteiger charge is -2.33. The van der Waals surface area contributed by atoms with Crippen molar-refractivity contribution in [3.05, 3.63) is 99.0 Å². The van der Waals surface area contributed by atoms with Crippen LogP contribution in [0, 0.1) is 12.8 Å². The first-order chi connectivity index (χ1) is 14.0. The molecule has 0 aromatic heterocycles. The fourth-order valence-electron chi connectivity index (χ4n) is 4.99. The molecule has 1 unspecified atom stereocenters. The van der Waals surface area contributed by atoms with Crippen molar-refractivity contribution in [1.82, 2.24) is 4.90 Å². The monoisotopic (exact) mass is 383 g/mol. The van der Waals surface area contributed by atoms with Crippen LogP contribution in [0.2, 0.25) is 0 Å². The number of rotatable bonds is 4. The van der Waals surface area contributed by atoms with Gasteiger partial charge in [-0.05, 0) is 78.7 Å². The molecule has 29 heavy (non-hydrogen) atoms. The number of nitrogens with zero attached hydrogens (tertiary/aromatic N) is 1. The van der Waals surface area contributed by atoms with Crippen LogP contribution in [0.25, 0.3) is 6.08 Å². The van der Waals surface area contributed by atoms with E-state index in [0.717, 1.165) is 25.8 Å². The maximum absolute atomic E-state index is 4.36. The number of benzene rings is 1. The Morgan fingerprint density at radius 1 is 1.24 bits per heavy atom. The zero-order chi connectivity index (χ0) is 20.7. The minimum absolute atomic E-state index is 0.388. The Kier molecular flexibility index (Phi) is 5.25. The van der Waals surface area contributed by atoms with Crippen molar-refractivity contribution >= 4 is 6.08 Å². The molecule has 1 heteroatoms. The summed E-state index contributed by atoms with van der Waals surface area (Å²) in [6.07, 6.45) is 12.7. The molecule has 3 aliphatic rings. The number of fused-ring (bicyclic) bond motifs is 4. The van der Waals surface area contributed by atoms with Crippen LogP contribution in [0.1, 0.15) is 57.2 Å². The number of hydrogen-bond acceptors (Lipinski definition) is 1. The van der Waals surface area contributed by atoms with E-state index in [4.69, 9.17) is 0 Å². The molecule has 1 saturated heterocycles. The van der Waals surface area contributed by atoms with Gasteiger partial charge in [0.2, 0.25) is 0 Å². The predicted octanol–water partition coefficient (Wildman–Crippen LogP) is 7.29. The molecule has 1 aliphatic carbocycles. The topological polar surface area (TPSA) is 3.24 Å². The largest absolute Gasteiger partial charge is 0.337 e. The lowest BCUT2D eigenvalue weighted by Crippen LogP contribution is -2.24. The van der Waals surface area contributed by atoms with Crippen molar-refractivity contribution < 1.29 is 0 Å². The second kappa shape index (κ2) is 7.71. The summed E-state index contributed by atoms with van der Waals surface area (Å²) in [6.45, 7) is 16.5. The van der Waals surface area contributed by atoms with Gasteiger partial charge in [-0.25, -0.2) is 0 Å². The van der Waals surface area contributed by atoms with Crippen molar-refractivity contribution in [3.63, 3.8) is 0 Å². The average molecular weight is 384 g/mol. The van der Waals surface area contributed by atoms with Crippen LogP contribution >= 0.6 is 0 Å². The van der Waals surface area contributed by atoms with Crippen molar-refractivity contribution in [2.75, 3.05) is 6.54 Å². The van der Waals surface area contributed by atoms with Gasteiger partial charge in [-0.3, -0.25) is 0 Å². The molecular formula is C28H33N.